The number of nitrogens with one attached hydrogen (secondary N) is 1. The van der Waals surface area contributed by atoms with E-state index in [1.165, 1.54) is 0 Å². The number of nitro groups is 1. The van der Waals surface area contributed by atoms with E-state index in [2.05, 4.69) is 5.32 Å². The van der Waals surface area contributed by atoms with Crippen molar-refractivity contribution in [3.63, 3.8) is 0 Å². The third kappa shape index (κ3) is 3.40. The number of anilines is 1. The molecule has 1 rings (SSSR count). The molecule has 18 heavy (non-hydrogen) atoms. The van der Waals surface area contributed by atoms with Gasteiger partial charge in [0.05, 0.1) is 23.2 Å². The summed E-state index contributed by atoms with van der Waals surface area (Å²) in [5.74, 6) is -1.21. The van der Waals surface area contributed by atoms with E-state index < -0.39 is 23.6 Å². The number of carboxylic acids is 1. The average Bonchev–Trinajstić information content (AvgIpc) is 2.35. The third-order valence-corrected chi connectivity index (χ3v) is 2.18. The predicted molar refractivity (Wildman–Crippen MR) is 61.6 cm³/mol. The quantitative estimate of drug-likeness (QED) is 0.417. The SMILES string of the molecule is O=C(O)c1ccc([N+](=O)[O-])c(NCC(O)CO)c1. The van der Waals surface area contributed by atoms with E-state index in [9.17, 15) is 14.9 Å². The van der Waals surface area contributed by atoms with Gasteiger partial charge in [0.1, 0.15) is 5.69 Å². The Bertz CT molecular complexity index is 462. The third-order valence-electron chi connectivity index (χ3n) is 2.18. The van der Waals surface area contributed by atoms with Gasteiger partial charge in [-0.3, -0.25) is 10.1 Å². The number of nitrogens with zero attached hydrogens (tertiary/aromatic N) is 1. The van der Waals surface area contributed by atoms with Crippen LogP contribution in [0.1, 0.15) is 10.4 Å². The minimum absolute atomic E-state index is 0.0209. The minimum atomic E-state index is -1.21. The van der Waals surface area contributed by atoms with E-state index in [0.717, 1.165) is 18.2 Å². The number of aliphatic hydroxyl groups excluding tert-OH is 2. The summed E-state index contributed by atoms with van der Waals surface area (Å²) >= 11 is 0. The van der Waals surface area contributed by atoms with Gasteiger partial charge in [0, 0.05) is 12.6 Å². The van der Waals surface area contributed by atoms with Crippen LogP contribution in [0.5, 0.6) is 0 Å². The maximum Gasteiger partial charge on any atom is 0.335 e. The first kappa shape index (κ1) is 13.9. The number of nitro benzene ring substituents is 1. The summed E-state index contributed by atoms with van der Waals surface area (Å²) in [6, 6.07) is 3.29. The zero-order valence-electron chi connectivity index (χ0n) is 9.24. The Morgan fingerprint density at radius 1 is 1.50 bits per heavy atom. The lowest BCUT2D eigenvalue weighted by Crippen LogP contribution is -2.23. The van der Waals surface area contributed by atoms with Gasteiger partial charge in [-0.05, 0) is 12.1 Å². The van der Waals surface area contributed by atoms with Crippen LogP contribution in [0, 0.1) is 10.1 Å². The predicted octanol–water partition coefficient (Wildman–Crippen LogP) is 0.0581. The van der Waals surface area contributed by atoms with Crippen molar-refractivity contribution in [3.8, 4) is 0 Å². The Morgan fingerprint density at radius 2 is 2.17 bits per heavy atom. The van der Waals surface area contributed by atoms with Gasteiger partial charge in [-0.2, -0.15) is 0 Å². The van der Waals surface area contributed by atoms with Crippen molar-refractivity contribution in [2.24, 2.45) is 0 Å². The molecule has 0 heterocycles. The van der Waals surface area contributed by atoms with Crippen molar-refractivity contribution in [3.05, 3.63) is 33.9 Å². The number of carboxylic acid groups (broad SMARTS) is 1. The Kier molecular flexibility index (Phi) is 4.58. The molecule has 0 amide bonds. The normalized spacial score (nSPS) is 11.9. The van der Waals surface area contributed by atoms with Gasteiger partial charge >= 0.3 is 5.97 Å². The lowest BCUT2D eigenvalue weighted by Gasteiger charge is -2.10. The summed E-state index contributed by atoms with van der Waals surface area (Å²) in [4.78, 5) is 20.8. The average molecular weight is 256 g/mol. The van der Waals surface area contributed by atoms with Gasteiger partial charge in [0.15, 0.2) is 0 Å². The largest absolute Gasteiger partial charge is 0.478 e. The van der Waals surface area contributed by atoms with Crippen molar-refractivity contribution in [1.29, 1.82) is 0 Å². The van der Waals surface area contributed by atoms with Crippen LogP contribution in [-0.4, -0.2) is 45.5 Å². The van der Waals surface area contributed by atoms with Crippen LogP contribution in [0.4, 0.5) is 11.4 Å². The van der Waals surface area contributed by atoms with Gasteiger partial charge in [0.2, 0.25) is 0 Å². The molecule has 8 heteroatoms. The van der Waals surface area contributed by atoms with Crippen LogP contribution in [0.3, 0.4) is 0 Å². The standard InChI is InChI=1S/C10H12N2O6/c13-5-7(14)4-11-8-3-6(10(15)16)1-2-9(8)12(17)18/h1-3,7,11,13-14H,4-5H2,(H,15,16). The first-order chi connectivity index (χ1) is 8.45. The molecule has 4 N–H and O–H groups in total. The van der Waals surface area contributed by atoms with Crippen LogP contribution >= 0.6 is 0 Å². The molecule has 1 atom stereocenters. The topological polar surface area (TPSA) is 133 Å². The van der Waals surface area contributed by atoms with Gasteiger partial charge in [-0.25, -0.2) is 4.79 Å². The maximum atomic E-state index is 10.7. The fourth-order valence-electron chi connectivity index (χ4n) is 1.26. The molecule has 0 fully saturated rings. The number of aromatic carboxylic acids is 1. The first-order valence-corrected chi connectivity index (χ1v) is 5.00. The number of hydrogen-bond acceptors (Lipinski definition) is 6. The van der Waals surface area contributed by atoms with Crippen LogP contribution in [0.15, 0.2) is 18.2 Å². The molecule has 8 nitrogen and oxygen atoms in total. The molecule has 1 aromatic carbocycles. The van der Waals surface area contributed by atoms with E-state index in [4.69, 9.17) is 15.3 Å². The highest BCUT2D eigenvalue weighted by atomic mass is 16.6. The Hall–Kier alpha value is -2.19. The summed E-state index contributed by atoms with van der Waals surface area (Å²) in [7, 11) is 0. The Balaban J connectivity index is 3.00. The molecule has 0 saturated heterocycles. The number of hydrogen-bond donors (Lipinski definition) is 4. The van der Waals surface area contributed by atoms with Gasteiger partial charge in [-0.1, -0.05) is 0 Å². The van der Waals surface area contributed by atoms with Crippen LogP contribution in [0.2, 0.25) is 0 Å². The number of rotatable bonds is 6. The Morgan fingerprint density at radius 3 is 2.67 bits per heavy atom. The monoisotopic (exact) mass is 256 g/mol. The highest BCUT2D eigenvalue weighted by Crippen LogP contribution is 2.25. The summed E-state index contributed by atoms with van der Waals surface area (Å²) in [5, 5.41) is 39.8. The van der Waals surface area contributed by atoms with Crippen LogP contribution in [-0.2, 0) is 0 Å². The molecule has 0 aromatic heterocycles. The van der Waals surface area contributed by atoms with E-state index in [-0.39, 0.29) is 23.5 Å². The maximum absolute atomic E-state index is 10.7. The minimum Gasteiger partial charge on any atom is -0.478 e. The van der Waals surface area contributed by atoms with E-state index >= 15 is 0 Å². The first-order valence-electron chi connectivity index (χ1n) is 5.00. The smallest absolute Gasteiger partial charge is 0.335 e. The van der Waals surface area contributed by atoms with Gasteiger partial charge in [0.25, 0.3) is 5.69 Å². The van der Waals surface area contributed by atoms with Crippen LogP contribution in [0.25, 0.3) is 0 Å². The van der Waals surface area contributed by atoms with Crippen molar-refractivity contribution in [1.82, 2.24) is 0 Å². The molecule has 0 saturated carbocycles. The number of carbonyl (C=O) groups is 1. The molecule has 0 aliphatic carbocycles. The highest BCUT2D eigenvalue weighted by Gasteiger charge is 2.17. The summed E-state index contributed by atoms with van der Waals surface area (Å²) in [6.07, 6.45) is -1.09. The number of aliphatic hydroxyl groups is 2. The molecule has 0 spiro atoms. The second kappa shape index (κ2) is 5.94. The van der Waals surface area contributed by atoms with E-state index in [1.807, 2.05) is 0 Å². The fraction of sp³-hybridized carbons (Fsp3) is 0.300. The molecular formula is C10H12N2O6. The van der Waals surface area contributed by atoms with Crippen molar-refractivity contribution in [2.45, 2.75) is 6.10 Å². The highest BCUT2D eigenvalue weighted by molar-refractivity contribution is 5.90. The van der Waals surface area contributed by atoms with E-state index in [0.29, 0.717) is 0 Å². The molecule has 98 valence electrons. The molecular weight excluding hydrogens is 244 g/mol. The lowest BCUT2D eigenvalue weighted by atomic mass is 10.1. The summed E-state index contributed by atoms with van der Waals surface area (Å²) in [6.45, 7) is -0.625. The van der Waals surface area contributed by atoms with Crippen molar-refractivity contribution in [2.75, 3.05) is 18.5 Å². The van der Waals surface area contributed by atoms with Gasteiger partial charge < -0.3 is 20.6 Å². The van der Waals surface area contributed by atoms with Crippen molar-refractivity contribution >= 4 is 17.3 Å². The molecule has 1 unspecified atom stereocenters. The molecule has 0 aliphatic rings. The van der Waals surface area contributed by atoms with Crippen LogP contribution < -0.4 is 5.32 Å². The second-order valence-electron chi connectivity index (χ2n) is 3.51. The zero-order valence-corrected chi connectivity index (χ0v) is 9.24. The summed E-state index contributed by atoms with van der Waals surface area (Å²) in [5.41, 5.74) is -0.431. The summed E-state index contributed by atoms with van der Waals surface area (Å²) < 4.78 is 0. The fourth-order valence-corrected chi connectivity index (χ4v) is 1.26. The molecule has 0 bridgehead atoms. The Labute approximate surface area is 102 Å². The van der Waals surface area contributed by atoms with E-state index in [1.54, 1.807) is 0 Å². The lowest BCUT2D eigenvalue weighted by molar-refractivity contribution is -0.384. The second-order valence-corrected chi connectivity index (χ2v) is 3.51. The van der Waals surface area contributed by atoms with Gasteiger partial charge in [-0.15, -0.1) is 0 Å². The number of benzene rings is 1. The zero-order chi connectivity index (χ0) is 13.7. The molecule has 0 aliphatic heterocycles. The molecule has 1 aromatic rings. The molecule has 0 radical (unpaired) electrons. The van der Waals surface area contributed by atoms with Crippen molar-refractivity contribution < 1.29 is 25.0 Å².